The number of rotatable bonds is 3. The van der Waals surface area contributed by atoms with Crippen LogP contribution in [-0.2, 0) is 6.42 Å². The van der Waals surface area contributed by atoms with Crippen LogP contribution in [-0.4, -0.2) is 18.6 Å². The van der Waals surface area contributed by atoms with Gasteiger partial charge in [-0.15, -0.1) is 0 Å². The van der Waals surface area contributed by atoms with Crippen LogP contribution >= 0.6 is 0 Å². The molecule has 1 aliphatic carbocycles. The molecule has 2 atom stereocenters. The van der Waals surface area contributed by atoms with E-state index in [2.05, 4.69) is 11.0 Å². The van der Waals surface area contributed by atoms with Gasteiger partial charge in [0.25, 0.3) is 0 Å². The van der Waals surface area contributed by atoms with Crippen LogP contribution in [0.2, 0.25) is 0 Å². The summed E-state index contributed by atoms with van der Waals surface area (Å²) in [5, 5.41) is 9.24. The van der Waals surface area contributed by atoms with E-state index in [9.17, 15) is 9.65 Å². The van der Waals surface area contributed by atoms with E-state index in [0.717, 1.165) is 50.9 Å². The molecule has 4 heteroatoms. The van der Waals surface area contributed by atoms with Crippen molar-refractivity contribution in [1.29, 1.82) is 5.26 Å². The Hall–Kier alpha value is -1.60. The second kappa shape index (κ2) is 5.06. The maximum atomic E-state index is 13.4. The van der Waals surface area contributed by atoms with Crippen LogP contribution in [0.25, 0.3) is 0 Å². The molecule has 2 aliphatic rings. The molecule has 0 radical (unpaired) electrons. The van der Waals surface area contributed by atoms with E-state index in [1.54, 1.807) is 6.07 Å². The molecule has 1 heterocycles. The van der Waals surface area contributed by atoms with Crippen molar-refractivity contribution in [3.63, 3.8) is 0 Å². The molecule has 106 valence electrons. The van der Waals surface area contributed by atoms with Gasteiger partial charge in [-0.25, -0.2) is 4.39 Å². The van der Waals surface area contributed by atoms with Gasteiger partial charge >= 0.3 is 0 Å². The Balaban J connectivity index is 1.67. The third kappa shape index (κ3) is 2.27. The molecule has 1 aromatic rings. The van der Waals surface area contributed by atoms with Crippen LogP contribution in [0.4, 0.5) is 10.1 Å². The molecule has 0 amide bonds. The van der Waals surface area contributed by atoms with E-state index < -0.39 is 5.54 Å². The molecule has 0 saturated heterocycles. The Morgan fingerprint density at radius 1 is 1.50 bits per heavy atom. The lowest BCUT2D eigenvalue weighted by atomic mass is 9.87. The number of nitriles is 1. The maximum absolute atomic E-state index is 13.4. The van der Waals surface area contributed by atoms with Gasteiger partial charge in [0.15, 0.2) is 0 Å². The largest absolute Gasteiger partial charge is 0.371 e. The second-order valence-electron chi connectivity index (χ2n) is 6.04. The third-order valence-corrected chi connectivity index (χ3v) is 4.87. The normalized spacial score (nSPS) is 28.4. The zero-order chi connectivity index (χ0) is 14.2. The first kappa shape index (κ1) is 13.4. The summed E-state index contributed by atoms with van der Waals surface area (Å²) in [5.74, 6) is 0.0897. The first-order valence-corrected chi connectivity index (χ1v) is 7.36. The van der Waals surface area contributed by atoms with Crippen molar-refractivity contribution in [3.05, 3.63) is 29.6 Å². The molecule has 0 spiro atoms. The Labute approximate surface area is 119 Å². The van der Waals surface area contributed by atoms with E-state index in [-0.39, 0.29) is 11.7 Å². The molecule has 2 N–H and O–H groups in total. The molecule has 2 unspecified atom stereocenters. The zero-order valence-corrected chi connectivity index (χ0v) is 11.6. The highest BCUT2D eigenvalue weighted by Crippen LogP contribution is 2.37. The molecule has 1 saturated carbocycles. The molecule has 3 rings (SSSR count). The summed E-state index contributed by atoms with van der Waals surface area (Å²) in [6.07, 6.45) is 4.78. The summed E-state index contributed by atoms with van der Waals surface area (Å²) >= 11 is 0. The van der Waals surface area contributed by atoms with Crippen LogP contribution in [0.5, 0.6) is 0 Å². The fourth-order valence-electron chi connectivity index (χ4n) is 3.61. The minimum absolute atomic E-state index is 0.179. The first-order chi connectivity index (χ1) is 9.62. The minimum Gasteiger partial charge on any atom is -0.371 e. The summed E-state index contributed by atoms with van der Waals surface area (Å²) < 4.78 is 13.4. The van der Waals surface area contributed by atoms with Crippen molar-refractivity contribution in [2.75, 3.05) is 18.0 Å². The lowest BCUT2D eigenvalue weighted by Gasteiger charge is -2.27. The summed E-state index contributed by atoms with van der Waals surface area (Å²) in [4.78, 5) is 2.23. The van der Waals surface area contributed by atoms with Crippen molar-refractivity contribution >= 4 is 5.69 Å². The monoisotopic (exact) mass is 273 g/mol. The van der Waals surface area contributed by atoms with E-state index in [1.807, 2.05) is 6.07 Å². The average molecular weight is 273 g/mol. The fraction of sp³-hybridized carbons (Fsp3) is 0.562. The van der Waals surface area contributed by atoms with Crippen LogP contribution in [0.1, 0.15) is 31.2 Å². The van der Waals surface area contributed by atoms with Crippen molar-refractivity contribution in [2.24, 2.45) is 11.7 Å². The van der Waals surface area contributed by atoms with Crippen LogP contribution < -0.4 is 10.6 Å². The molecule has 3 nitrogen and oxygen atoms in total. The summed E-state index contributed by atoms with van der Waals surface area (Å²) in [5.41, 5.74) is 7.75. The highest BCUT2D eigenvalue weighted by molar-refractivity contribution is 5.58. The topological polar surface area (TPSA) is 53.1 Å². The predicted molar refractivity (Wildman–Crippen MR) is 76.8 cm³/mol. The number of hydrogen-bond donors (Lipinski definition) is 1. The van der Waals surface area contributed by atoms with E-state index in [4.69, 9.17) is 5.73 Å². The predicted octanol–water partition coefficient (Wildman–Crippen LogP) is 2.60. The Bertz CT molecular complexity index is 551. The van der Waals surface area contributed by atoms with Crippen LogP contribution in [0.15, 0.2) is 18.2 Å². The Morgan fingerprint density at radius 2 is 2.35 bits per heavy atom. The fourth-order valence-corrected chi connectivity index (χ4v) is 3.61. The lowest BCUT2D eigenvalue weighted by molar-refractivity contribution is 0.375. The number of halogens is 1. The summed E-state index contributed by atoms with van der Waals surface area (Å²) in [6.45, 7) is 1.80. The lowest BCUT2D eigenvalue weighted by Crippen LogP contribution is -2.43. The number of benzene rings is 1. The molecular weight excluding hydrogens is 253 g/mol. The molecule has 20 heavy (non-hydrogen) atoms. The third-order valence-electron chi connectivity index (χ3n) is 4.87. The Morgan fingerprint density at radius 3 is 3.15 bits per heavy atom. The van der Waals surface area contributed by atoms with Crippen LogP contribution in [0, 0.1) is 23.1 Å². The van der Waals surface area contributed by atoms with Gasteiger partial charge < -0.3 is 10.6 Å². The molecule has 1 fully saturated rings. The number of anilines is 1. The van der Waals surface area contributed by atoms with E-state index in [1.165, 1.54) is 11.6 Å². The van der Waals surface area contributed by atoms with Crippen LogP contribution in [0.3, 0.4) is 0 Å². The highest BCUT2D eigenvalue weighted by Gasteiger charge is 2.39. The minimum atomic E-state index is -0.648. The van der Waals surface area contributed by atoms with Gasteiger partial charge in [0.05, 0.1) is 6.07 Å². The van der Waals surface area contributed by atoms with Crippen molar-refractivity contribution in [2.45, 2.75) is 37.6 Å². The Kier molecular flexibility index (Phi) is 3.39. The van der Waals surface area contributed by atoms with Gasteiger partial charge in [0.2, 0.25) is 0 Å². The summed E-state index contributed by atoms with van der Waals surface area (Å²) in [6, 6.07) is 7.32. The molecule has 1 aromatic carbocycles. The second-order valence-corrected chi connectivity index (χ2v) is 6.04. The quantitative estimate of drug-likeness (QED) is 0.921. The van der Waals surface area contributed by atoms with Crippen molar-refractivity contribution in [3.8, 4) is 6.07 Å². The SMILES string of the molecule is N#CC1(N)CCCC1CCN1CCc2ccc(F)cc21. The van der Waals surface area contributed by atoms with Gasteiger partial charge in [0, 0.05) is 18.8 Å². The standard InChI is InChI=1S/C16H20FN3/c17-14-4-3-12-5-8-20(15(12)10-14)9-6-13-2-1-7-16(13,19)11-18/h3-4,10,13H,1-2,5-9,19H2. The zero-order valence-electron chi connectivity index (χ0n) is 11.6. The highest BCUT2D eigenvalue weighted by atomic mass is 19.1. The van der Waals surface area contributed by atoms with E-state index >= 15 is 0 Å². The number of nitrogens with two attached hydrogens (primary N) is 1. The molecule has 0 bridgehead atoms. The van der Waals surface area contributed by atoms with Gasteiger partial charge in [-0.3, -0.25) is 0 Å². The average Bonchev–Trinajstić information content (AvgIpc) is 3.01. The number of nitrogens with zero attached hydrogens (tertiary/aromatic N) is 2. The number of fused-ring (bicyclic) bond motifs is 1. The van der Waals surface area contributed by atoms with Gasteiger partial charge in [0.1, 0.15) is 11.4 Å². The van der Waals surface area contributed by atoms with E-state index in [0.29, 0.717) is 0 Å². The molecule has 0 aromatic heterocycles. The molecular formula is C16H20FN3. The number of hydrogen-bond acceptors (Lipinski definition) is 3. The maximum Gasteiger partial charge on any atom is 0.125 e. The summed E-state index contributed by atoms with van der Waals surface area (Å²) in [7, 11) is 0. The van der Waals surface area contributed by atoms with Gasteiger partial charge in [-0.1, -0.05) is 12.5 Å². The van der Waals surface area contributed by atoms with Crippen molar-refractivity contribution < 1.29 is 4.39 Å². The van der Waals surface area contributed by atoms with Gasteiger partial charge in [-0.05, 0) is 49.3 Å². The molecule has 1 aliphatic heterocycles. The van der Waals surface area contributed by atoms with Gasteiger partial charge in [-0.2, -0.15) is 5.26 Å². The van der Waals surface area contributed by atoms with Crippen molar-refractivity contribution in [1.82, 2.24) is 0 Å². The smallest absolute Gasteiger partial charge is 0.125 e. The first-order valence-electron chi connectivity index (χ1n) is 7.36.